The Labute approximate surface area is 93.7 Å². The molecule has 0 amide bonds. The summed E-state index contributed by atoms with van der Waals surface area (Å²) in [5.41, 5.74) is 1.80. The van der Waals surface area contributed by atoms with E-state index in [0.717, 1.165) is 11.1 Å². The number of hydrogen-bond acceptors (Lipinski definition) is 3. The van der Waals surface area contributed by atoms with Gasteiger partial charge < -0.3 is 4.74 Å². The van der Waals surface area contributed by atoms with Crippen LogP contribution in [0.3, 0.4) is 0 Å². The molecule has 1 aromatic carbocycles. The van der Waals surface area contributed by atoms with Gasteiger partial charge in [-0.25, -0.2) is 4.98 Å². The van der Waals surface area contributed by atoms with E-state index in [1.54, 1.807) is 6.20 Å². The lowest BCUT2D eigenvalue weighted by Crippen LogP contribution is -2.04. The third-order valence-electron chi connectivity index (χ3n) is 2.10. The Hall–Kier alpha value is -2.16. The van der Waals surface area contributed by atoms with Crippen molar-refractivity contribution in [1.82, 2.24) is 4.98 Å². The molecule has 3 heteroatoms. The molecule has 2 aromatic rings. The van der Waals surface area contributed by atoms with Crippen LogP contribution in [0.1, 0.15) is 6.92 Å². The first-order valence-electron chi connectivity index (χ1n) is 4.96. The fourth-order valence-electron chi connectivity index (χ4n) is 1.45. The van der Waals surface area contributed by atoms with Crippen molar-refractivity contribution in [2.75, 3.05) is 0 Å². The number of carbonyl (C=O) groups excluding carboxylic acids is 1. The fourth-order valence-corrected chi connectivity index (χ4v) is 1.45. The van der Waals surface area contributed by atoms with Crippen LogP contribution in [0.5, 0.6) is 5.88 Å². The smallest absolute Gasteiger partial charge is 0.309 e. The van der Waals surface area contributed by atoms with Crippen molar-refractivity contribution in [3.8, 4) is 17.0 Å². The monoisotopic (exact) mass is 213 g/mol. The van der Waals surface area contributed by atoms with Gasteiger partial charge in [-0.2, -0.15) is 0 Å². The van der Waals surface area contributed by atoms with Crippen molar-refractivity contribution in [2.24, 2.45) is 0 Å². The molecule has 0 fully saturated rings. The van der Waals surface area contributed by atoms with Crippen LogP contribution >= 0.6 is 0 Å². The third-order valence-corrected chi connectivity index (χ3v) is 2.10. The quantitative estimate of drug-likeness (QED) is 0.720. The highest BCUT2D eigenvalue weighted by molar-refractivity contribution is 5.74. The number of aromatic nitrogens is 1. The van der Waals surface area contributed by atoms with Crippen molar-refractivity contribution in [3.63, 3.8) is 0 Å². The van der Waals surface area contributed by atoms with Gasteiger partial charge >= 0.3 is 5.97 Å². The Balaban J connectivity index is 2.44. The largest absolute Gasteiger partial charge is 0.407 e. The van der Waals surface area contributed by atoms with E-state index in [0.29, 0.717) is 5.88 Å². The molecule has 0 spiro atoms. The number of benzene rings is 1. The van der Waals surface area contributed by atoms with Crippen LogP contribution in [-0.2, 0) is 4.79 Å². The molecule has 0 saturated heterocycles. The summed E-state index contributed by atoms with van der Waals surface area (Å²) in [6.45, 7) is 1.36. The SMILES string of the molecule is CC(=O)Oc1ncccc1-c1ccccc1. The number of rotatable bonds is 2. The van der Waals surface area contributed by atoms with Crippen LogP contribution in [0, 0.1) is 0 Å². The molecule has 0 saturated carbocycles. The zero-order chi connectivity index (χ0) is 11.4. The Morgan fingerprint density at radius 1 is 1.12 bits per heavy atom. The number of ether oxygens (including phenoxy) is 1. The second kappa shape index (κ2) is 4.57. The fraction of sp³-hybridized carbons (Fsp3) is 0.0769. The number of hydrogen-bond donors (Lipinski definition) is 0. The van der Waals surface area contributed by atoms with E-state index in [9.17, 15) is 4.79 Å². The molecule has 16 heavy (non-hydrogen) atoms. The maximum absolute atomic E-state index is 10.9. The first kappa shape index (κ1) is 10.4. The molecule has 0 aliphatic rings. The van der Waals surface area contributed by atoms with E-state index in [1.165, 1.54) is 6.92 Å². The second-order valence-electron chi connectivity index (χ2n) is 3.32. The molecule has 0 aliphatic heterocycles. The van der Waals surface area contributed by atoms with Crippen LogP contribution in [0.4, 0.5) is 0 Å². The summed E-state index contributed by atoms with van der Waals surface area (Å²) >= 11 is 0. The van der Waals surface area contributed by atoms with Gasteiger partial charge in [0, 0.05) is 18.7 Å². The molecular weight excluding hydrogens is 202 g/mol. The summed E-state index contributed by atoms with van der Waals surface area (Å²) in [4.78, 5) is 15.0. The Morgan fingerprint density at radius 2 is 1.88 bits per heavy atom. The molecule has 0 bridgehead atoms. The third kappa shape index (κ3) is 2.25. The minimum Gasteiger partial charge on any atom is -0.407 e. The molecule has 1 heterocycles. The molecule has 0 N–H and O–H groups in total. The van der Waals surface area contributed by atoms with Crippen molar-refractivity contribution in [1.29, 1.82) is 0 Å². The maximum Gasteiger partial charge on any atom is 0.309 e. The minimum absolute atomic E-state index is 0.348. The van der Waals surface area contributed by atoms with Crippen molar-refractivity contribution in [3.05, 3.63) is 48.7 Å². The lowest BCUT2D eigenvalue weighted by atomic mass is 10.1. The van der Waals surface area contributed by atoms with Crippen LogP contribution in [-0.4, -0.2) is 11.0 Å². The molecular formula is C13H11NO2. The first-order chi connectivity index (χ1) is 7.77. The van der Waals surface area contributed by atoms with E-state index in [1.807, 2.05) is 42.5 Å². The van der Waals surface area contributed by atoms with E-state index in [2.05, 4.69) is 4.98 Å². The number of carbonyl (C=O) groups is 1. The number of esters is 1. The molecule has 0 unspecified atom stereocenters. The predicted molar refractivity (Wildman–Crippen MR) is 61.0 cm³/mol. The van der Waals surface area contributed by atoms with Crippen LogP contribution in [0.15, 0.2) is 48.7 Å². The van der Waals surface area contributed by atoms with Gasteiger partial charge in [-0.15, -0.1) is 0 Å². The van der Waals surface area contributed by atoms with Crippen molar-refractivity contribution >= 4 is 5.97 Å². The lowest BCUT2D eigenvalue weighted by Gasteiger charge is -2.06. The average molecular weight is 213 g/mol. The summed E-state index contributed by atoms with van der Waals surface area (Å²) in [7, 11) is 0. The molecule has 3 nitrogen and oxygen atoms in total. The number of pyridine rings is 1. The lowest BCUT2D eigenvalue weighted by molar-refractivity contribution is -0.132. The van der Waals surface area contributed by atoms with Gasteiger partial charge in [0.15, 0.2) is 0 Å². The van der Waals surface area contributed by atoms with Crippen LogP contribution in [0.25, 0.3) is 11.1 Å². The Kier molecular flexibility index (Phi) is 2.96. The first-order valence-corrected chi connectivity index (χ1v) is 4.96. The normalized spacial score (nSPS) is 9.81. The highest BCUT2D eigenvalue weighted by Gasteiger charge is 2.08. The van der Waals surface area contributed by atoms with Crippen molar-refractivity contribution < 1.29 is 9.53 Å². The van der Waals surface area contributed by atoms with E-state index < -0.39 is 0 Å². The average Bonchev–Trinajstić information content (AvgIpc) is 2.30. The zero-order valence-corrected chi connectivity index (χ0v) is 8.88. The molecule has 0 aliphatic carbocycles. The van der Waals surface area contributed by atoms with Crippen molar-refractivity contribution in [2.45, 2.75) is 6.92 Å². The Bertz CT molecular complexity index is 494. The van der Waals surface area contributed by atoms with Gasteiger partial charge in [0.2, 0.25) is 5.88 Å². The summed E-state index contributed by atoms with van der Waals surface area (Å²) in [5, 5.41) is 0. The summed E-state index contributed by atoms with van der Waals surface area (Å²) in [6, 6.07) is 13.4. The highest BCUT2D eigenvalue weighted by Crippen LogP contribution is 2.27. The molecule has 2 rings (SSSR count). The molecule has 80 valence electrons. The van der Waals surface area contributed by atoms with E-state index in [-0.39, 0.29) is 5.97 Å². The minimum atomic E-state index is -0.365. The van der Waals surface area contributed by atoms with Gasteiger partial charge in [0.1, 0.15) is 0 Å². The van der Waals surface area contributed by atoms with E-state index in [4.69, 9.17) is 4.74 Å². The molecule has 1 aromatic heterocycles. The maximum atomic E-state index is 10.9. The van der Waals surface area contributed by atoms with Gasteiger partial charge in [0.05, 0.1) is 0 Å². The topological polar surface area (TPSA) is 39.2 Å². The zero-order valence-electron chi connectivity index (χ0n) is 8.88. The summed E-state index contributed by atoms with van der Waals surface area (Å²) in [6.07, 6.45) is 1.60. The number of nitrogens with zero attached hydrogens (tertiary/aromatic N) is 1. The van der Waals surface area contributed by atoms with Crippen LogP contribution < -0.4 is 4.74 Å². The Morgan fingerprint density at radius 3 is 2.56 bits per heavy atom. The van der Waals surface area contributed by atoms with Crippen LogP contribution in [0.2, 0.25) is 0 Å². The van der Waals surface area contributed by atoms with Gasteiger partial charge in [-0.3, -0.25) is 4.79 Å². The molecule has 0 atom stereocenters. The van der Waals surface area contributed by atoms with Gasteiger partial charge in [0.25, 0.3) is 0 Å². The second-order valence-corrected chi connectivity index (χ2v) is 3.32. The highest BCUT2D eigenvalue weighted by atomic mass is 16.5. The standard InChI is InChI=1S/C13H11NO2/c1-10(15)16-13-12(8-5-9-14-13)11-6-3-2-4-7-11/h2-9H,1H3. The summed E-state index contributed by atoms with van der Waals surface area (Å²) < 4.78 is 5.05. The summed E-state index contributed by atoms with van der Waals surface area (Å²) in [5.74, 6) is -0.0166. The van der Waals surface area contributed by atoms with Gasteiger partial charge in [-0.1, -0.05) is 30.3 Å². The molecule has 0 radical (unpaired) electrons. The van der Waals surface area contributed by atoms with Gasteiger partial charge in [-0.05, 0) is 17.7 Å². The predicted octanol–water partition coefficient (Wildman–Crippen LogP) is 2.67. The van der Waals surface area contributed by atoms with E-state index >= 15 is 0 Å².